The van der Waals surface area contributed by atoms with E-state index < -0.39 is 0 Å². The number of thiophene rings is 1. The Morgan fingerprint density at radius 2 is 2.44 bits per heavy atom. The SMILES string of the molecule is CC1COC(CN)CN1c1ncnc2sccc12. The molecular weight excluding hydrogens is 248 g/mol. The molecule has 3 heterocycles. The van der Waals surface area contributed by atoms with Gasteiger partial charge in [-0.05, 0) is 18.4 Å². The molecule has 5 nitrogen and oxygen atoms in total. The lowest BCUT2D eigenvalue weighted by Gasteiger charge is -2.38. The van der Waals surface area contributed by atoms with Gasteiger partial charge < -0.3 is 15.4 Å². The summed E-state index contributed by atoms with van der Waals surface area (Å²) in [7, 11) is 0. The molecular formula is C12H16N4OS. The average Bonchev–Trinajstić information content (AvgIpc) is 2.87. The lowest BCUT2D eigenvalue weighted by molar-refractivity contribution is 0.0281. The maximum absolute atomic E-state index is 5.70. The van der Waals surface area contributed by atoms with Gasteiger partial charge in [0.15, 0.2) is 0 Å². The van der Waals surface area contributed by atoms with Crippen LogP contribution in [-0.4, -0.2) is 41.8 Å². The summed E-state index contributed by atoms with van der Waals surface area (Å²) in [5.74, 6) is 0.996. The van der Waals surface area contributed by atoms with Crippen molar-refractivity contribution in [3.8, 4) is 0 Å². The normalized spacial score (nSPS) is 24.7. The maximum Gasteiger partial charge on any atom is 0.141 e. The number of aromatic nitrogens is 2. The van der Waals surface area contributed by atoms with Crippen molar-refractivity contribution in [2.24, 2.45) is 5.73 Å². The van der Waals surface area contributed by atoms with Gasteiger partial charge in [-0.25, -0.2) is 9.97 Å². The third-order valence-electron chi connectivity index (χ3n) is 3.28. The topological polar surface area (TPSA) is 64.3 Å². The minimum absolute atomic E-state index is 0.0878. The van der Waals surface area contributed by atoms with E-state index in [1.165, 1.54) is 0 Å². The minimum atomic E-state index is 0.0878. The molecule has 6 heteroatoms. The van der Waals surface area contributed by atoms with Crippen molar-refractivity contribution in [1.82, 2.24) is 9.97 Å². The number of nitrogens with zero attached hydrogens (tertiary/aromatic N) is 3. The molecule has 0 saturated carbocycles. The van der Waals surface area contributed by atoms with Gasteiger partial charge in [0.2, 0.25) is 0 Å². The predicted octanol–water partition coefficient (Wildman–Crippen LogP) is 1.24. The average molecular weight is 264 g/mol. The fraction of sp³-hybridized carbons (Fsp3) is 0.500. The fourth-order valence-corrected chi connectivity index (χ4v) is 2.99. The molecule has 0 amide bonds. The Hall–Kier alpha value is -1.24. The molecule has 0 spiro atoms. The molecule has 1 fully saturated rings. The smallest absolute Gasteiger partial charge is 0.141 e. The molecule has 2 aromatic heterocycles. The van der Waals surface area contributed by atoms with Crippen molar-refractivity contribution in [3.63, 3.8) is 0 Å². The summed E-state index contributed by atoms with van der Waals surface area (Å²) < 4.78 is 5.68. The Bertz CT molecular complexity index is 544. The Balaban J connectivity index is 1.99. The van der Waals surface area contributed by atoms with Crippen LogP contribution in [0.1, 0.15) is 6.92 Å². The van der Waals surface area contributed by atoms with Gasteiger partial charge >= 0.3 is 0 Å². The molecule has 2 unspecified atom stereocenters. The number of morpholine rings is 1. The minimum Gasteiger partial charge on any atom is -0.373 e. The van der Waals surface area contributed by atoms with Crippen molar-refractivity contribution in [2.75, 3.05) is 24.6 Å². The van der Waals surface area contributed by atoms with Gasteiger partial charge in [0.25, 0.3) is 0 Å². The summed E-state index contributed by atoms with van der Waals surface area (Å²) >= 11 is 1.64. The monoisotopic (exact) mass is 264 g/mol. The second kappa shape index (κ2) is 4.79. The number of hydrogen-bond acceptors (Lipinski definition) is 6. The van der Waals surface area contributed by atoms with E-state index in [1.807, 2.05) is 5.38 Å². The van der Waals surface area contributed by atoms with Gasteiger partial charge in [-0.1, -0.05) is 0 Å². The van der Waals surface area contributed by atoms with Gasteiger partial charge in [0, 0.05) is 13.1 Å². The summed E-state index contributed by atoms with van der Waals surface area (Å²) in [6.07, 6.45) is 1.72. The van der Waals surface area contributed by atoms with Crippen LogP contribution in [0, 0.1) is 0 Å². The van der Waals surface area contributed by atoms with Gasteiger partial charge in [0.05, 0.1) is 24.1 Å². The summed E-state index contributed by atoms with van der Waals surface area (Å²) in [4.78, 5) is 12.0. The number of rotatable bonds is 2. The Morgan fingerprint density at radius 3 is 3.28 bits per heavy atom. The fourth-order valence-electron chi connectivity index (χ4n) is 2.26. The van der Waals surface area contributed by atoms with E-state index in [1.54, 1.807) is 17.7 Å². The Morgan fingerprint density at radius 1 is 1.56 bits per heavy atom. The number of hydrogen-bond donors (Lipinski definition) is 1. The van der Waals surface area contributed by atoms with E-state index in [0.717, 1.165) is 22.6 Å². The van der Waals surface area contributed by atoms with Crippen LogP contribution in [0.25, 0.3) is 10.2 Å². The van der Waals surface area contributed by atoms with Gasteiger partial charge in [0.1, 0.15) is 17.0 Å². The molecule has 2 atom stereocenters. The first-order valence-corrected chi connectivity index (χ1v) is 6.94. The maximum atomic E-state index is 5.70. The van der Waals surface area contributed by atoms with E-state index in [0.29, 0.717) is 19.2 Å². The Labute approximate surface area is 110 Å². The first-order valence-electron chi connectivity index (χ1n) is 6.06. The van der Waals surface area contributed by atoms with Crippen molar-refractivity contribution in [2.45, 2.75) is 19.1 Å². The van der Waals surface area contributed by atoms with E-state index in [4.69, 9.17) is 10.5 Å². The molecule has 1 saturated heterocycles. The highest BCUT2D eigenvalue weighted by Gasteiger charge is 2.27. The summed E-state index contributed by atoms with van der Waals surface area (Å²) in [5.41, 5.74) is 5.70. The zero-order valence-electron chi connectivity index (χ0n) is 10.2. The van der Waals surface area contributed by atoms with Crippen molar-refractivity contribution >= 4 is 27.4 Å². The number of fused-ring (bicyclic) bond motifs is 1. The largest absolute Gasteiger partial charge is 0.373 e. The second-order valence-corrected chi connectivity index (χ2v) is 5.42. The van der Waals surface area contributed by atoms with E-state index in [9.17, 15) is 0 Å². The van der Waals surface area contributed by atoms with Crippen LogP contribution in [-0.2, 0) is 4.74 Å². The van der Waals surface area contributed by atoms with E-state index in [2.05, 4.69) is 27.9 Å². The molecule has 96 valence electrons. The molecule has 0 bridgehead atoms. The molecule has 0 radical (unpaired) electrons. The molecule has 2 aromatic rings. The van der Waals surface area contributed by atoms with Crippen molar-refractivity contribution in [1.29, 1.82) is 0 Å². The first-order chi connectivity index (χ1) is 8.79. The molecule has 0 aromatic carbocycles. The van der Waals surface area contributed by atoms with E-state index in [-0.39, 0.29) is 6.10 Å². The van der Waals surface area contributed by atoms with Crippen LogP contribution >= 0.6 is 11.3 Å². The lowest BCUT2D eigenvalue weighted by Crippen LogP contribution is -2.51. The third-order valence-corrected chi connectivity index (χ3v) is 4.10. The van der Waals surface area contributed by atoms with Crippen LogP contribution in [0.5, 0.6) is 0 Å². The van der Waals surface area contributed by atoms with Gasteiger partial charge in [-0.3, -0.25) is 0 Å². The second-order valence-electron chi connectivity index (χ2n) is 4.53. The zero-order valence-corrected chi connectivity index (χ0v) is 11.1. The van der Waals surface area contributed by atoms with Gasteiger partial charge in [-0.2, -0.15) is 0 Å². The predicted molar refractivity (Wildman–Crippen MR) is 73.0 cm³/mol. The summed E-state index contributed by atoms with van der Waals surface area (Å²) in [6.45, 7) is 4.17. The van der Waals surface area contributed by atoms with Crippen LogP contribution < -0.4 is 10.6 Å². The third kappa shape index (κ3) is 1.96. The van der Waals surface area contributed by atoms with Crippen molar-refractivity contribution < 1.29 is 4.74 Å². The van der Waals surface area contributed by atoms with E-state index >= 15 is 0 Å². The lowest BCUT2D eigenvalue weighted by atomic mass is 10.2. The highest BCUT2D eigenvalue weighted by molar-refractivity contribution is 7.16. The van der Waals surface area contributed by atoms with Gasteiger partial charge in [-0.15, -0.1) is 11.3 Å². The highest BCUT2D eigenvalue weighted by atomic mass is 32.1. The Kier molecular flexibility index (Phi) is 3.15. The van der Waals surface area contributed by atoms with Crippen molar-refractivity contribution in [3.05, 3.63) is 17.8 Å². The van der Waals surface area contributed by atoms with Crippen LogP contribution in [0.2, 0.25) is 0 Å². The summed E-state index contributed by atoms with van der Waals surface area (Å²) in [6, 6.07) is 2.39. The highest BCUT2D eigenvalue weighted by Crippen LogP contribution is 2.29. The number of anilines is 1. The molecule has 2 N–H and O–H groups in total. The van der Waals surface area contributed by atoms with Crippen LogP contribution in [0.3, 0.4) is 0 Å². The number of nitrogens with two attached hydrogens (primary N) is 1. The zero-order chi connectivity index (χ0) is 12.5. The molecule has 1 aliphatic rings. The summed E-state index contributed by atoms with van der Waals surface area (Å²) in [5, 5.41) is 3.17. The molecule has 3 rings (SSSR count). The van der Waals surface area contributed by atoms with Crippen LogP contribution in [0.15, 0.2) is 17.8 Å². The number of ether oxygens (including phenoxy) is 1. The molecule has 18 heavy (non-hydrogen) atoms. The molecule has 1 aliphatic heterocycles. The standard InChI is InChI=1S/C12H16N4OS/c1-8-6-17-9(4-13)5-16(8)11-10-2-3-18-12(10)15-7-14-11/h2-3,7-9H,4-6,13H2,1H3. The quantitative estimate of drug-likeness (QED) is 0.884. The first kappa shape index (κ1) is 11.8. The van der Waals surface area contributed by atoms with Crippen LogP contribution in [0.4, 0.5) is 5.82 Å². The molecule has 0 aliphatic carbocycles.